The fourth-order valence-electron chi connectivity index (χ4n) is 4.76. The van der Waals surface area contributed by atoms with Crippen LogP contribution in [0.4, 0.5) is 0 Å². The minimum atomic E-state index is -0.253. The largest absolute Gasteiger partial charge is 0.356 e. The molecule has 0 aromatic heterocycles. The number of hydrogen-bond donors (Lipinski definition) is 1. The number of likely N-dealkylation sites (tertiary alicyclic amines) is 1. The van der Waals surface area contributed by atoms with Crippen LogP contribution in [0.2, 0.25) is 0 Å². The van der Waals surface area contributed by atoms with E-state index in [9.17, 15) is 14.4 Å². The second-order valence-corrected chi connectivity index (χ2v) is 9.18. The number of hydrogen-bond acceptors (Lipinski definition) is 4. The maximum atomic E-state index is 12.5. The van der Waals surface area contributed by atoms with E-state index in [0.717, 1.165) is 36.8 Å². The van der Waals surface area contributed by atoms with Gasteiger partial charge in [0.25, 0.3) is 11.8 Å². The Balaban J connectivity index is 1.29. The third-order valence-corrected chi connectivity index (χ3v) is 6.08. The summed E-state index contributed by atoms with van der Waals surface area (Å²) in [7, 11) is 0. The number of benzene rings is 1. The molecule has 164 valence electrons. The number of amides is 3. The Labute approximate surface area is 180 Å². The van der Waals surface area contributed by atoms with Crippen LogP contribution in [0, 0.1) is 18.8 Å². The molecule has 3 amide bonds. The summed E-state index contributed by atoms with van der Waals surface area (Å²) in [5, 5.41) is 2.96. The molecule has 2 aliphatic heterocycles. The SMILES string of the molecule is Cc1ccc2c(c1)C(=O)N(CCCC(=O)NCCCCN1CC(C)CC(C)C1)C2=O. The lowest BCUT2D eigenvalue weighted by Gasteiger charge is -2.34. The van der Waals surface area contributed by atoms with Crippen molar-refractivity contribution in [2.75, 3.05) is 32.7 Å². The predicted octanol–water partition coefficient (Wildman–Crippen LogP) is 3.25. The minimum absolute atomic E-state index is 0.0114. The zero-order valence-corrected chi connectivity index (χ0v) is 18.6. The van der Waals surface area contributed by atoms with Crippen LogP contribution >= 0.6 is 0 Å². The summed E-state index contributed by atoms with van der Waals surface area (Å²) in [4.78, 5) is 40.8. The van der Waals surface area contributed by atoms with E-state index in [0.29, 0.717) is 30.5 Å². The van der Waals surface area contributed by atoms with Gasteiger partial charge in [0.1, 0.15) is 0 Å². The molecule has 0 radical (unpaired) electrons. The maximum absolute atomic E-state index is 12.5. The molecular formula is C24H35N3O3. The van der Waals surface area contributed by atoms with Crippen molar-refractivity contribution >= 4 is 17.7 Å². The number of imide groups is 1. The lowest BCUT2D eigenvalue weighted by atomic mass is 9.92. The molecule has 0 saturated carbocycles. The number of nitrogens with zero attached hydrogens (tertiary/aromatic N) is 2. The Morgan fingerprint density at radius 2 is 1.70 bits per heavy atom. The van der Waals surface area contributed by atoms with Gasteiger partial charge in [-0.25, -0.2) is 0 Å². The molecule has 1 aromatic carbocycles. The maximum Gasteiger partial charge on any atom is 0.261 e. The second-order valence-electron chi connectivity index (χ2n) is 9.18. The molecule has 1 N–H and O–H groups in total. The molecule has 2 heterocycles. The standard InChI is InChI=1S/C24H35N3O3/c1-17-8-9-20-21(14-17)24(30)27(23(20)29)12-6-7-22(28)25-10-4-5-11-26-15-18(2)13-19(3)16-26/h8-9,14,18-19H,4-7,10-13,15-16H2,1-3H3,(H,25,28). The first-order valence-corrected chi connectivity index (χ1v) is 11.3. The Bertz CT molecular complexity index is 782. The van der Waals surface area contributed by atoms with Crippen molar-refractivity contribution in [1.29, 1.82) is 0 Å². The number of fused-ring (bicyclic) bond motifs is 1. The quantitative estimate of drug-likeness (QED) is 0.498. The van der Waals surface area contributed by atoms with Crippen LogP contribution in [0.5, 0.6) is 0 Å². The van der Waals surface area contributed by atoms with Gasteiger partial charge in [-0.3, -0.25) is 19.3 Å². The van der Waals surface area contributed by atoms with Crippen LogP contribution in [-0.4, -0.2) is 60.2 Å². The molecule has 6 nitrogen and oxygen atoms in total. The molecule has 2 aliphatic rings. The average Bonchev–Trinajstić information content (AvgIpc) is 2.91. The fourth-order valence-corrected chi connectivity index (χ4v) is 4.76. The van der Waals surface area contributed by atoms with Gasteiger partial charge in [-0.05, 0) is 63.1 Å². The van der Waals surface area contributed by atoms with Crippen LogP contribution in [-0.2, 0) is 4.79 Å². The molecule has 30 heavy (non-hydrogen) atoms. The zero-order valence-electron chi connectivity index (χ0n) is 18.6. The molecular weight excluding hydrogens is 378 g/mol. The molecule has 2 unspecified atom stereocenters. The van der Waals surface area contributed by atoms with Gasteiger partial charge in [-0.1, -0.05) is 25.5 Å². The Kier molecular flexibility index (Phi) is 7.64. The molecule has 3 rings (SSSR count). The summed E-state index contributed by atoms with van der Waals surface area (Å²) >= 11 is 0. The summed E-state index contributed by atoms with van der Waals surface area (Å²) in [6, 6.07) is 5.31. The number of rotatable bonds is 9. The molecule has 0 spiro atoms. The van der Waals surface area contributed by atoms with Gasteiger partial charge in [0, 0.05) is 32.6 Å². The first-order valence-electron chi connectivity index (χ1n) is 11.3. The topological polar surface area (TPSA) is 69.7 Å². The highest BCUT2D eigenvalue weighted by Crippen LogP contribution is 2.24. The minimum Gasteiger partial charge on any atom is -0.356 e. The summed E-state index contributed by atoms with van der Waals surface area (Å²) in [6.07, 6.45) is 4.21. The lowest BCUT2D eigenvalue weighted by molar-refractivity contribution is -0.121. The van der Waals surface area contributed by atoms with Crippen LogP contribution in [0.25, 0.3) is 0 Å². The van der Waals surface area contributed by atoms with Gasteiger partial charge in [0.05, 0.1) is 11.1 Å². The first-order chi connectivity index (χ1) is 14.3. The van der Waals surface area contributed by atoms with E-state index in [2.05, 4.69) is 24.1 Å². The van der Waals surface area contributed by atoms with E-state index in [-0.39, 0.29) is 24.3 Å². The number of carbonyl (C=O) groups is 3. The molecule has 0 aliphatic carbocycles. The second kappa shape index (κ2) is 10.2. The highest BCUT2D eigenvalue weighted by molar-refractivity contribution is 6.21. The monoisotopic (exact) mass is 413 g/mol. The molecule has 1 saturated heterocycles. The number of nitrogens with one attached hydrogen (secondary N) is 1. The Morgan fingerprint density at radius 1 is 1.00 bits per heavy atom. The van der Waals surface area contributed by atoms with Crippen molar-refractivity contribution < 1.29 is 14.4 Å². The van der Waals surface area contributed by atoms with Crippen LogP contribution in [0.3, 0.4) is 0 Å². The van der Waals surface area contributed by atoms with Crippen molar-refractivity contribution in [3.63, 3.8) is 0 Å². The molecule has 2 atom stereocenters. The molecule has 6 heteroatoms. The van der Waals surface area contributed by atoms with E-state index in [4.69, 9.17) is 0 Å². The van der Waals surface area contributed by atoms with Crippen LogP contribution in [0.1, 0.15) is 72.2 Å². The summed E-state index contributed by atoms with van der Waals surface area (Å²) in [5.74, 6) is 1.04. The van der Waals surface area contributed by atoms with Crippen molar-refractivity contribution in [3.8, 4) is 0 Å². The van der Waals surface area contributed by atoms with E-state index < -0.39 is 0 Å². The Hall–Kier alpha value is -2.21. The molecule has 0 bridgehead atoms. The molecule has 1 fully saturated rings. The number of unbranched alkanes of at least 4 members (excludes halogenated alkanes) is 1. The van der Waals surface area contributed by atoms with Gasteiger partial charge < -0.3 is 10.2 Å². The van der Waals surface area contributed by atoms with Gasteiger partial charge >= 0.3 is 0 Å². The van der Waals surface area contributed by atoms with E-state index >= 15 is 0 Å². The van der Waals surface area contributed by atoms with Gasteiger partial charge in [-0.2, -0.15) is 0 Å². The number of piperidine rings is 1. The van der Waals surface area contributed by atoms with Gasteiger partial charge in [0.2, 0.25) is 5.91 Å². The number of carbonyl (C=O) groups excluding carboxylic acids is 3. The number of aryl methyl sites for hydroxylation is 1. The summed E-state index contributed by atoms with van der Waals surface area (Å²) < 4.78 is 0. The molecule has 1 aromatic rings. The van der Waals surface area contributed by atoms with Crippen molar-refractivity contribution in [3.05, 3.63) is 34.9 Å². The smallest absolute Gasteiger partial charge is 0.261 e. The van der Waals surface area contributed by atoms with Crippen LogP contribution in [0.15, 0.2) is 18.2 Å². The van der Waals surface area contributed by atoms with Crippen LogP contribution < -0.4 is 5.32 Å². The van der Waals surface area contributed by atoms with Crippen molar-refractivity contribution in [2.45, 2.75) is 52.9 Å². The lowest BCUT2D eigenvalue weighted by Crippen LogP contribution is -2.39. The van der Waals surface area contributed by atoms with E-state index in [1.165, 1.54) is 24.4 Å². The Morgan fingerprint density at radius 3 is 2.43 bits per heavy atom. The normalized spacial score (nSPS) is 21.8. The first kappa shape index (κ1) is 22.5. The highest BCUT2D eigenvalue weighted by Gasteiger charge is 2.34. The van der Waals surface area contributed by atoms with Gasteiger partial charge in [-0.15, -0.1) is 0 Å². The zero-order chi connectivity index (χ0) is 21.7. The van der Waals surface area contributed by atoms with E-state index in [1.807, 2.05) is 13.0 Å². The summed E-state index contributed by atoms with van der Waals surface area (Å²) in [5.41, 5.74) is 1.90. The average molecular weight is 414 g/mol. The van der Waals surface area contributed by atoms with E-state index in [1.54, 1.807) is 12.1 Å². The predicted molar refractivity (Wildman–Crippen MR) is 117 cm³/mol. The van der Waals surface area contributed by atoms with Gasteiger partial charge in [0.15, 0.2) is 0 Å². The third-order valence-electron chi connectivity index (χ3n) is 6.08. The fraction of sp³-hybridized carbons (Fsp3) is 0.625. The summed E-state index contributed by atoms with van der Waals surface area (Å²) in [6.45, 7) is 11.0. The van der Waals surface area contributed by atoms with Crippen molar-refractivity contribution in [1.82, 2.24) is 15.1 Å². The third kappa shape index (κ3) is 5.69. The highest BCUT2D eigenvalue weighted by atomic mass is 16.2. The van der Waals surface area contributed by atoms with Crippen molar-refractivity contribution in [2.24, 2.45) is 11.8 Å².